The van der Waals surface area contributed by atoms with Gasteiger partial charge in [-0.25, -0.2) is 0 Å². The summed E-state index contributed by atoms with van der Waals surface area (Å²) in [6.45, 7) is 5.97. The molecule has 1 saturated heterocycles. The molecule has 0 unspecified atom stereocenters. The van der Waals surface area contributed by atoms with Gasteiger partial charge in [-0.05, 0) is 57.3 Å². The third-order valence-corrected chi connectivity index (χ3v) is 5.53. The molecule has 0 saturated carbocycles. The van der Waals surface area contributed by atoms with Gasteiger partial charge in [0.2, 0.25) is 0 Å². The first-order valence-corrected chi connectivity index (χ1v) is 10.4. The second-order valence-corrected chi connectivity index (χ2v) is 8.88. The van der Waals surface area contributed by atoms with Crippen molar-refractivity contribution in [3.8, 4) is 11.4 Å². The fourth-order valence-electron chi connectivity index (χ4n) is 4.07. The molecular weight excluding hydrogens is 380 g/mol. The Balaban J connectivity index is 1.43. The van der Waals surface area contributed by atoms with E-state index in [1.807, 2.05) is 39.2 Å². The molecule has 1 aliphatic rings. The quantitative estimate of drug-likeness (QED) is 0.666. The van der Waals surface area contributed by atoms with Crippen molar-refractivity contribution >= 4 is 16.6 Å². The summed E-state index contributed by atoms with van der Waals surface area (Å²) >= 11 is 0. The minimum Gasteiger partial charge on any atom is -0.389 e. The molecule has 30 heavy (non-hydrogen) atoms. The minimum absolute atomic E-state index is 0.0631. The number of hydrogen-bond donors (Lipinski definition) is 1. The van der Waals surface area contributed by atoms with Gasteiger partial charge >= 0.3 is 0 Å². The van der Waals surface area contributed by atoms with Gasteiger partial charge in [0.25, 0.3) is 0 Å². The lowest BCUT2D eigenvalue weighted by atomic mass is 9.89. The van der Waals surface area contributed by atoms with E-state index >= 15 is 0 Å². The Morgan fingerprint density at radius 3 is 2.53 bits per heavy atom. The lowest BCUT2D eigenvalue weighted by Crippen LogP contribution is -2.44. The number of pyridine rings is 2. The van der Waals surface area contributed by atoms with Crippen molar-refractivity contribution in [1.29, 1.82) is 0 Å². The Kier molecular flexibility index (Phi) is 5.62. The predicted octanol–water partition coefficient (Wildman–Crippen LogP) is 2.02. The largest absolute Gasteiger partial charge is 0.389 e. The topological polar surface area (TPSA) is 97.0 Å². The zero-order chi connectivity index (χ0) is 21.3. The van der Waals surface area contributed by atoms with E-state index in [1.165, 1.54) is 0 Å². The normalized spacial score (nSPS) is 16.3. The molecule has 4 rings (SSSR count). The summed E-state index contributed by atoms with van der Waals surface area (Å²) in [5, 5.41) is 20.0. The molecule has 4 heterocycles. The van der Waals surface area contributed by atoms with Crippen LogP contribution < -0.4 is 0 Å². The second-order valence-electron chi connectivity index (χ2n) is 8.88. The molecule has 1 fully saturated rings. The van der Waals surface area contributed by atoms with Gasteiger partial charge in [-0.2, -0.15) is 0 Å². The van der Waals surface area contributed by atoms with Gasteiger partial charge in [0, 0.05) is 49.4 Å². The van der Waals surface area contributed by atoms with Crippen LogP contribution in [0.5, 0.6) is 0 Å². The number of aromatic nitrogens is 5. The molecule has 0 aromatic carbocycles. The third-order valence-electron chi connectivity index (χ3n) is 5.53. The highest BCUT2D eigenvalue weighted by atomic mass is 16.3. The van der Waals surface area contributed by atoms with E-state index in [-0.39, 0.29) is 11.7 Å². The maximum Gasteiger partial charge on any atom is 0.142 e. The lowest BCUT2D eigenvalue weighted by Gasteiger charge is -2.34. The molecule has 3 aromatic rings. The van der Waals surface area contributed by atoms with Crippen molar-refractivity contribution in [2.24, 2.45) is 13.0 Å². The number of carbonyl (C=O) groups is 1. The summed E-state index contributed by atoms with van der Waals surface area (Å²) in [6.07, 6.45) is 7.39. The monoisotopic (exact) mass is 408 g/mol. The van der Waals surface area contributed by atoms with E-state index in [9.17, 15) is 9.90 Å². The summed E-state index contributed by atoms with van der Waals surface area (Å²) in [5.41, 5.74) is 1.54. The number of aliphatic hydroxyl groups is 1. The van der Waals surface area contributed by atoms with Gasteiger partial charge in [-0.15, -0.1) is 5.10 Å². The summed E-state index contributed by atoms with van der Waals surface area (Å²) in [7, 11) is 1.82. The number of piperidine rings is 1. The molecular formula is C22H28N6O2. The van der Waals surface area contributed by atoms with E-state index in [4.69, 9.17) is 0 Å². The Morgan fingerprint density at radius 2 is 1.87 bits per heavy atom. The number of ketones is 1. The first-order valence-electron chi connectivity index (χ1n) is 10.4. The maximum absolute atomic E-state index is 12.8. The maximum atomic E-state index is 12.8. The van der Waals surface area contributed by atoms with Crippen LogP contribution in [0.2, 0.25) is 0 Å². The number of rotatable bonds is 6. The van der Waals surface area contributed by atoms with Gasteiger partial charge in [-0.1, -0.05) is 5.21 Å². The fourth-order valence-corrected chi connectivity index (χ4v) is 4.07. The number of likely N-dealkylation sites (tertiary alicyclic amines) is 1. The molecule has 1 aliphatic heterocycles. The predicted molar refractivity (Wildman–Crippen MR) is 114 cm³/mol. The van der Waals surface area contributed by atoms with Crippen LogP contribution in [0.25, 0.3) is 22.2 Å². The molecule has 8 nitrogen and oxygen atoms in total. The summed E-state index contributed by atoms with van der Waals surface area (Å²) in [6, 6.07) is 3.93. The third kappa shape index (κ3) is 4.88. The number of carbonyl (C=O) groups excluding carboxylic acids is 1. The lowest BCUT2D eigenvalue weighted by molar-refractivity contribution is -0.123. The van der Waals surface area contributed by atoms with Crippen molar-refractivity contribution in [3.05, 3.63) is 36.4 Å². The van der Waals surface area contributed by atoms with E-state index in [0.717, 1.165) is 48.1 Å². The number of fused-ring (bicyclic) bond motifs is 1. The van der Waals surface area contributed by atoms with Gasteiger partial charge in [-0.3, -0.25) is 19.4 Å². The molecule has 0 atom stereocenters. The smallest absolute Gasteiger partial charge is 0.142 e. The Hall–Kier alpha value is -2.71. The Labute approximate surface area is 175 Å². The first-order chi connectivity index (χ1) is 14.3. The van der Waals surface area contributed by atoms with Crippen LogP contribution >= 0.6 is 0 Å². The van der Waals surface area contributed by atoms with Crippen LogP contribution in [-0.2, 0) is 18.3 Å². The number of aryl methyl sites for hydroxylation is 1. The van der Waals surface area contributed by atoms with E-state index < -0.39 is 5.60 Å². The zero-order valence-corrected chi connectivity index (χ0v) is 17.7. The van der Waals surface area contributed by atoms with Crippen molar-refractivity contribution < 1.29 is 9.90 Å². The number of Topliss-reactive ketones (excluding diaryl/α,β-unsaturated/α-hetero) is 1. The molecule has 0 amide bonds. The van der Waals surface area contributed by atoms with Gasteiger partial charge < -0.3 is 10.0 Å². The highest BCUT2D eigenvalue weighted by molar-refractivity contribution is 5.87. The first kappa shape index (κ1) is 20.6. The molecule has 0 aliphatic carbocycles. The molecule has 158 valence electrons. The van der Waals surface area contributed by atoms with Crippen molar-refractivity contribution in [1.82, 2.24) is 29.9 Å². The van der Waals surface area contributed by atoms with E-state index in [2.05, 4.69) is 25.2 Å². The van der Waals surface area contributed by atoms with Crippen molar-refractivity contribution in [3.63, 3.8) is 0 Å². The van der Waals surface area contributed by atoms with Crippen LogP contribution in [0.15, 0.2) is 30.7 Å². The summed E-state index contributed by atoms with van der Waals surface area (Å²) in [4.78, 5) is 24.0. The zero-order valence-electron chi connectivity index (χ0n) is 17.7. The second kappa shape index (κ2) is 8.20. The number of hydrogen-bond acceptors (Lipinski definition) is 7. The standard InChI is InChI=1S/C22H28N6O2/c1-22(2,30)14-28-6-4-15(5-7-28)21(29)10-18-8-16-9-19(20-13-27(3)26-25-20)24-12-17(16)11-23-18/h8-9,11-13,15,30H,4-7,10,14H2,1-3H3. The average Bonchev–Trinajstić information content (AvgIpc) is 3.13. The van der Waals surface area contributed by atoms with Gasteiger partial charge in [0.1, 0.15) is 11.5 Å². The Bertz CT molecular complexity index is 1050. The van der Waals surface area contributed by atoms with Crippen LogP contribution in [-0.4, -0.2) is 66.0 Å². The van der Waals surface area contributed by atoms with Crippen molar-refractivity contribution in [2.45, 2.75) is 38.7 Å². The van der Waals surface area contributed by atoms with E-state index in [1.54, 1.807) is 17.1 Å². The van der Waals surface area contributed by atoms with Crippen LogP contribution in [0.1, 0.15) is 32.4 Å². The summed E-state index contributed by atoms with van der Waals surface area (Å²) < 4.78 is 1.64. The summed E-state index contributed by atoms with van der Waals surface area (Å²) in [5.74, 6) is 0.307. The van der Waals surface area contributed by atoms with Crippen LogP contribution in [0.4, 0.5) is 0 Å². The molecule has 8 heteroatoms. The molecule has 0 spiro atoms. The molecule has 1 N–H and O–H groups in total. The van der Waals surface area contributed by atoms with E-state index in [0.29, 0.717) is 18.7 Å². The number of nitrogens with zero attached hydrogens (tertiary/aromatic N) is 6. The SMILES string of the molecule is Cn1cc(-c2cc3cc(CC(=O)C4CCN(CC(C)(C)O)CC4)ncc3cn2)nn1. The minimum atomic E-state index is -0.703. The van der Waals surface area contributed by atoms with Crippen LogP contribution in [0.3, 0.4) is 0 Å². The molecule has 3 aromatic heterocycles. The Morgan fingerprint density at radius 1 is 1.13 bits per heavy atom. The van der Waals surface area contributed by atoms with Crippen LogP contribution in [0, 0.1) is 5.92 Å². The highest BCUT2D eigenvalue weighted by Crippen LogP contribution is 2.23. The fraction of sp³-hybridized carbons (Fsp3) is 0.500. The van der Waals surface area contributed by atoms with Gasteiger partial charge in [0.05, 0.1) is 17.5 Å². The van der Waals surface area contributed by atoms with Gasteiger partial charge in [0.15, 0.2) is 0 Å². The highest BCUT2D eigenvalue weighted by Gasteiger charge is 2.27. The number of β-amino-alcohol motifs (C(OH)–C–C–N with tert-alkyl or cyclic N) is 1. The molecule has 0 bridgehead atoms. The van der Waals surface area contributed by atoms with Crippen molar-refractivity contribution in [2.75, 3.05) is 19.6 Å². The average molecular weight is 409 g/mol. The molecule has 0 radical (unpaired) electrons.